The largest absolute Gasteiger partial charge is 0.361 e. The fraction of sp³-hybridized carbons (Fsp3) is 0.417. The van der Waals surface area contributed by atoms with Gasteiger partial charge in [-0.15, -0.1) is 0 Å². The molecule has 0 N–H and O–H groups in total. The average molecular weight is 190 g/mol. The summed E-state index contributed by atoms with van der Waals surface area (Å²) in [7, 11) is 0. The molecule has 0 aromatic heterocycles. The molecule has 2 heteroatoms. The van der Waals surface area contributed by atoms with Crippen molar-refractivity contribution >= 4 is 11.5 Å². The lowest BCUT2D eigenvalue weighted by atomic mass is 10.3. The van der Waals surface area contributed by atoms with Gasteiger partial charge in [0.15, 0.2) is 0 Å². The molecule has 76 valence electrons. The fourth-order valence-electron chi connectivity index (χ4n) is 1.44. The van der Waals surface area contributed by atoms with Gasteiger partial charge in [0.2, 0.25) is 0 Å². The first-order valence-electron chi connectivity index (χ1n) is 5.13. The predicted octanol–water partition coefficient (Wildman–Crippen LogP) is 3.08. The van der Waals surface area contributed by atoms with Gasteiger partial charge in [-0.25, -0.2) is 4.99 Å². The van der Waals surface area contributed by atoms with E-state index < -0.39 is 0 Å². The molecule has 14 heavy (non-hydrogen) atoms. The summed E-state index contributed by atoms with van der Waals surface area (Å²) in [5, 5.41) is 0. The van der Waals surface area contributed by atoms with Crippen molar-refractivity contribution in [1.29, 1.82) is 0 Å². The van der Waals surface area contributed by atoms with Crippen LogP contribution in [0.3, 0.4) is 0 Å². The second-order valence-electron chi connectivity index (χ2n) is 3.17. The molecule has 0 atom stereocenters. The van der Waals surface area contributed by atoms with Crippen LogP contribution in [0.1, 0.15) is 20.8 Å². The normalized spacial score (nSPS) is 11.5. The van der Waals surface area contributed by atoms with Crippen LogP contribution in [0.25, 0.3) is 0 Å². The third-order valence-corrected chi connectivity index (χ3v) is 2.27. The number of amidine groups is 1. The Morgan fingerprint density at radius 1 is 1.14 bits per heavy atom. The maximum atomic E-state index is 4.54. The van der Waals surface area contributed by atoms with E-state index in [0.717, 1.165) is 24.6 Å². The zero-order valence-corrected chi connectivity index (χ0v) is 9.20. The number of benzene rings is 1. The molecule has 1 aromatic carbocycles. The van der Waals surface area contributed by atoms with Gasteiger partial charge in [-0.1, -0.05) is 18.2 Å². The van der Waals surface area contributed by atoms with E-state index in [1.165, 1.54) is 0 Å². The molecule has 0 bridgehead atoms. The molecule has 0 saturated heterocycles. The molecule has 0 aliphatic heterocycles. The molecule has 0 heterocycles. The summed E-state index contributed by atoms with van der Waals surface area (Å²) in [5.41, 5.74) is 1.02. The summed E-state index contributed by atoms with van der Waals surface area (Å²) in [6.07, 6.45) is 0. The summed E-state index contributed by atoms with van der Waals surface area (Å²) >= 11 is 0. The van der Waals surface area contributed by atoms with E-state index in [1.807, 2.05) is 30.3 Å². The van der Waals surface area contributed by atoms with Crippen LogP contribution in [0.4, 0.5) is 5.69 Å². The van der Waals surface area contributed by atoms with Crippen molar-refractivity contribution in [3.63, 3.8) is 0 Å². The number of hydrogen-bond acceptors (Lipinski definition) is 1. The predicted molar refractivity (Wildman–Crippen MR) is 62.1 cm³/mol. The van der Waals surface area contributed by atoms with Gasteiger partial charge in [-0.2, -0.15) is 0 Å². The monoisotopic (exact) mass is 190 g/mol. The molecule has 1 rings (SSSR count). The third-order valence-electron chi connectivity index (χ3n) is 2.27. The Morgan fingerprint density at radius 3 is 2.21 bits per heavy atom. The van der Waals surface area contributed by atoms with Gasteiger partial charge in [-0.3, -0.25) is 0 Å². The summed E-state index contributed by atoms with van der Waals surface area (Å²) in [5.74, 6) is 1.08. The number of aliphatic imine (C=N–C) groups is 1. The van der Waals surface area contributed by atoms with Crippen LogP contribution >= 0.6 is 0 Å². The van der Waals surface area contributed by atoms with Crippen molar-refractivity contribution < 1.29 is 0 Å². The first kappa shape index (κ1) is 10.8. The molecule has 0 radical (unpaired) electrons. The molecule has 0 fully saturated rings. The smallest absolute Gasteiger partial charge is 0.102 e. The highest BCUT2D eigenvalue weighted by atomic mass is 15.2. The van der Waals surface area contributed by atoms with E-state index in [1.54, 1.807) is 0 Å². The summed E-state index contributed by atoms with van der Waals surface area (Å²) in [6.45, 7) is 8.37. The standard InChI is InChI=1S/C12H18N2/c1-4-14(5-2)11(3)13-12-9-7-6-8-10-12/h6-10H,4-5H2,1-3H3. The lowest BCUT2D eigenvalue weighted by molar-refractivity contribution is 0.463. The second kappa shape index (κ2) is 5.43. The fourth-order valence-corrected chi connectivity index (χ4v) is 1.44. The van der Waals surface area contributed by atoms with Gasteiger partial charge >= 0.3 is 0 Å². The number of hydrogen-bond donors (Lipinski definition) is 0. The lowest BCUT2D eigenvalue weighted by Gasteiger charge is -2.19. The van der Waals surface area contributed by atoms with Gasteiger partial charge in [0, 0.05) is 13.1 Å². The van der Waals surface area contributed by atoms with E-state index >= 15 is 0 Å². The van der Waals surface area contributed by atoms with Crippen LogP contribution in [0.5, 0.6) is 0 Å². The maximum Gasteiger partial charge on any atom is 0.102 e. The lowest BCUT2D eigenvalue weighted by Crippen LogP contribution is -2.27. The van der Waals surface area contributed by atoms with Gasteiger partial charge in [0.05, 0.1) is 5.69 Å². The van der Waals surface area contributed by atoms with Gasteiger partial charge < -0.3 is 4.90 Å². The van der Waals surface area contributed by atoms with E-state index in [9.17, 15) is 0 Å². The number of para-hydroxylation sites is 1. The molecule has 0 aliphatic rings. The second-order valence-corrected chi connectivity index (χ2v) is 3.17. The molecule has 0 spiro atoms. The van der Waals surface area contributed by atoms with Crippen LogP contribution in [-0.4, -0.2) is 23.8 Å². The highest BCUT2D eigenvalue weighted by molar-refractivity contribution is 5.82. The summed E-state index contributed by atoms with van der Waals surface area (Å²) in [6, 6.07) is 10.1. The minimum Gasteiger partial charge on any atom is -0.361 e. The average Bonchev–Trinajstić information content (AvgIpc) is 2.21. The van der Waals surface area contributed by atoms with E-state index in [4.69, 9.17) is 0 Å². The zero-order valence-electron chi connectivity index (χ0n) is 9.20. The van der Waals surface area contributed by atoms with Gasteiger partial charge in [-0.05, 0) is 32.9 Å². The van der Waals surface area contributed by atoms with Crippen molar-refractivity contribution in [3.05, 3.63) is 30.3 Å². The molecule has 0 amide bonds. The van der Waals surface area contributed by atoms with Gasteiger partial charge in [0.1, 0.15) is 5.84 Å². The Morgan fingerprint density at radius 2 is 1.71 bits per heavy atom. The van der Waals surface area contributed by atoms with Crippen LogP contribution in [-0.2, 0) is 0 Å². The van der Waals surface area contributed by atoms with E-state index in [2.05, 4.69) is 30.7 Å². The van der Waals surface area contributed by atoms with Crippen molar-refractivity contribution in [1.82, 2.24) is 4.90 Å². The summed E-state index contributed by atoms with van der Waals surface area (Å²) < 4.78 is 0. The molecule has 0 aliphatic carbocycles. The van der Waals surface area contributed by atoms with Crippen molar-refractivity contribution in [2.45, 2.75) is 20.8 Å². The number of rotatable bonds is 3. The molecular weight excluding hydrogens is 172 g/mol. The van der Waals surface area contributed by atoms with Gasteiger partial charge in [0.25, 0.3) is 0 Å². The van der Waals surface area contributed by atoms with Crippen molar-refractivity contribution in [3.8, 4) is 0 Å². The Bertz CT molecular complexity index is 286. The SMILES string of the molecule is CCN(CC)C(C)=Nc1ccccc1. The zero-order chi connectivity index (χ0) is 10.4. The first-order valence-corrected chi connectivity index (χ1v) is 5.13. The molecule has 0 unspecified atom stereocenters. The third kappa shape index (κ3) is 2.87. The molecule has 1 aromatic rings. The number of nitrogens with zero attached hydrogens (tertiary/aromatic N) is 2. The highest BCUT2D eigenvalue weighted by Crippen LogP contribution is 2.10. The highest BCUT2D eigenvalue weighted by Gasteiger charge is 2.00. The van der Waals surface area contributed by atoms with Crippen LogP contribution in [0, 0.1) is 0 Å². The molecule has 2 nitrogen and oxygen atoms in total. The Labute approximate surface area is 86.3 Å². The molecular formula is C12H18N2. The molecule has 0 saturated carbocycles. The Kier molecular flexibility index (Phi) is 4.17. The van der Waals surface area contributed by atoms with Crippen LogP contribution in [0.15, 0.2) is 35.3 Å². The van der Waals surface area contributed by atoms with Crippen molar-refractivity contribution in [2.75, 3.05) is 13.1 Å². The van der Waals surface area contributed by atoms with E-state index in [-0.39, 0.29) is 0 Å². The Hall–Kier alpha value is -1.31. The minimum absolute atomic E-state index is 1.01. The van der Waals surface area contributed by atoms with Crippen LogP contribution in [0.2, 0.25) is 0 Å². The topological polar surface area (TPSA) is 15.6 Å². The van der Waals surface area contributed by atoms with E-state index in [0.29, 0.717) is 0 Å². The van der Waals surface area contributed by atoms with Crippen molar-refractivity contribution in [2.24, 2.45) is 4.99 Å². The quantitative estimate of drug-likeness (QED) is 0.528. The van der Waals surface area contributed by atoms with Crippen LogP contribution < -0.4 is 0 Å². The maximum absolute atomic E-state index is 4.54. The minimum atomic E-state index is 1.01. The Balaban J connectivity index is 2.77. The summed E-state index contributed by atoms with van der Waals surface area (Å²) in [4.78, 5) is 6.79. The first-order chi connectivity index (χ1) is 6.77.